The Bertz CT molecular complexity index is 441. The maximum absolute atomic E-state index is 5.32. The lowest BCUT2D eigenvalue weighted by molar-refractivity contribution is 0.162. The SMILES string of the molecule is COCC(NC(C)c1cccs1)c1ccccc1. The molecular formula is C15H19NOS. The molecule has 0 aliphatic rings. The first-order chi connectivity index (χ1) is 8.81. The van der Waals surface area contributed by atoms with Gasteiger partial charge in [0.2, 0.25) is 0 Å². The molecule has 2 nitrogen and oxygen atoms in total. The maximum Gasteiger partial charge on any atom is 0.0657 e. The van der Waals surface area contributed by atoms with Crippen molar-refractivity contribution < 1.29 is 4.74 Å². The van der Waals surface area contributed by atoms with Crippen LogP contribution in [0.15, 0.2) is 47.8 Å². The lowest BCUT2D eigenvalue weighted by Crippen LogP contribution is -2.27. The molecule has 2 unspecified atom stereocenters. The third kappa shape index (κ3) is 3.42. The van der Waals surface area contributed by atoms with E-state index >= 15 is 0 Å². The number of thiophene rings is 1. The molecule has 1 N–H and O–H groups in total. The number of ether oxygens (including phenoxy) is 1. The Morgan fingerprint density at radius 1 is 1.17 bits per heavy atom. The molecule has 1 aromatic carbocycles. The second kappa shape index (κ2) is 6.69. The van der Waals surface area contributed by atoms with Crippen LogP contribution in [0, 0.1) is 0 Å². The lowest BCUT2D eigenvalue weighted by Gasteiger charge is -2.22. The number of hydrogen-bond acceptors (Lipinski definition) is 3. The highest BCUT2D eigenvalue weighted by Crippen LogP contribution is 2.23. The Balaban J connectivity index is 2.07. The van der Waals surface area contributed by atoms with Gasteiger partial charge in [-0.1, -0.05) is 36.4 Å². The van der Waals surface area contributed by atoms with Crippen LogP contribution in [0.5, 0.6) is 0 Å². The first kappa shape index (κ1) is 13.3. The van der Waals surface area contributed by atoms with Crippen molar-refractivity contribution in [3.8, 4) is 0 Å². The van der Waals surface area contributed by atoms with E-state index in [0.29, 0.717) is 12.6 Å². The first-order valence-electron chi connectivity index (χ1n) is 6.14. The van der Waals surface area contributed by atoms with Crippen LogP contribution >= 0.6 is 11.3 Å². The molecule has 96 valence electrons. The van der Waals surface area contributed by atoms with E-state index in [1.54, 1.807) is 18.4 Å². The summed E-state index contributed by atoms with van der Waals surface area (Å²) in [4.78, 5) is 1.35. The summed E-state index contributed by atoms with van der Waals surface area (Å²) in [6, 6.07) is 15.3. The molecule has 2 rings (SSSR count). The van der Waals surface area contributed by atoms with Crippen molar-refractivity contribution >= 4 is 11.3 Å². The van der Waals surface area contributed by atoms with Crippen molar-refractivity contribution in [2.45, 2.75) is 19.0 Å². The molecule has 0 saturated heterocycles. The Morgan fingerprint density at radius 3 is 2.56 bits per heavy atom. The maximum atomic E-state index is 5.32. The second-order valence-electron chi connectivity index (χ2n) is 4.32. The predicted octanol–water partition coefficient (Wildman–Crippen LogP) is 3.79. The van der Waals surface area contributed by atoms with Crippen molar-refractivity contribution in [3.05, 3.63) is 58.3 Å². The van der Waals surface area contributed by atoms with Gasteiger partial charge in [0.25, 0.3) is 0 Å². The number of nitrogens with one attached hydrogen (secondary N) is 1. The second-order valence-corrected chi connectivity index (χ2v) is 5.30. The minimum Gasteiger partial charge on any atom is -0.383 e. The van der Waals surface area contributed by atoms with Gasteiger partial charge in [-0.05, 0) is 23.9 Å². The van der Waals surface area contributed by atoms with Crippen LogP contribution in [0.4, 0.5) is 0 Å². The van der Waals surface area contributed by atoms with Gasteiger partial charge in [-0.3, -0.25) is 0 Å². The number of hydrogen-bond donors (Lipinski definition) is 1. The fourth-order valence-electron chi connectivity index (χ4n) is 2.01. The molecule has 2 atom stereocenters. The van der Waals surface area contributed by atoms with Crippen LogP contribution in [0.3, 0.4) is 0 Å². The number of rotatable bonds is 6. The van der Waals surface area contributed by atoms with E-state index in [0.717, 1.165) is 0 Å². The van der Waals surface area contributed by atoms with Gasteiger partial charge in [-0.15, -0.1) is 11.3 Å². The predicted molar refractivity (Wildman–Crippen MR) is 76.9 cm³/mol. The molecular weight excluding hydrogens is 242 g/mol. The van der Waals surface area contributed by atoms with E-state index in [4.69, 9.17) is 4.74 Å². The molecule has 0 aliphatic carbocycles. The van der Waals surface area contributed by atoms with Crippen molar-refractivity contribution in [2.75, 3.05) is 13.7 Å². The fraction of sp³-hybridized carbons (Fsp3) is 0.333. The third-order valence-electron chi connectivity index (χ3n) is 2.96. The Labute approximate surface area is 113 Å². The van der Waals surface area contributed by atoms with Crippen molar-refractivity contribution in [1.29, 1.82) is 0 Å². The summed E-state index contributed by atoms with van der Waals surface area (Å²) in [6.07, 6.45) is 0. The molecule has 1 aromatic heterocycles. The summed E-state index contributed by atoms with van der Waals surface area (Å²) in [5, 5.41) is 5.73. The monoisotopic (exact) mass is 261 g/mol. The lowest BCUT2D eigenvalue weighted by atomic mass is 10.1. The summed E-state index contributed by atoms with van der Waals surface area (Å²) in [5.74, 6) is 0. The van der Waals surface area contributed by atoms with E-state index in [1.165, 1.54) is 10.4 Å². The Hall–Kier alpha value is -1.16. The first-order valence-corrected chi connectivity index (χ1v) is 7.02. The van der Waals surface area contributed by atoms with Gasteiger partial charge < -0.3 is 10.1 Å². The Morgan fingerprint density at radius 2 is 1.94 bits per heavy atom. The summed E-state index contributed by atoms with van der Waals surface area (Å²) in [5.41, 5.74) is 1.27. The quantitative estimate of drug-likeness (QED) is 0.854. The van der Waals surface area contributed by atoms with Gasteiger partial charge in [-0.2, -0.15) is 0 Å². The fourth-order valence-corrected chi connectivity index (χ4v) is 2.76. The minimum atomic E-state index is 0.230. The van der Waals surface area contributed by atoms with E-state index in [2.05, 4.69) is 54.0 Å². The van der Waals surface area contributed by atoms with Gasteiger partial charge in [0.05, 0.1) is 12.6 Å². The topological polar surface area (TPSA) is 21.3 Å². The van der Waals surface area contributed by atoms with Crippen molar-refractivity contribution in [2.24, 2.45) is 0 Å². The van der Waals surface area contributed by atoms with Gasteiger partial charge in [0, 0.05) is 18.0 Å². The summed E-state index contributed by atoms with van der Waals surface area (Å²) in [7, 11) is 1.74. The van der Waals surface area contributed by atoms with Crippen LogP contribution in [0.25, 0.3) is 0 Å². The highest BCUT2D eigenvalue weighted by atomic mass is 32.1. The van der Waals surface area contributed by atoms with E-state index in [1.807, 2.05) is 6.07 Å². The van der Waals surface area contributed by atoms with Gasteiger partial charge in [-0.25, -0.2) is 0 Å². The van der Waals surface area contributed by atoms with Gasteiger partial charge in [0.15, 0.2) is 0 Å². The number of benzene rings is 1. The Kier molecular flexibility index (Phi) is 4.93. The summed E-state index contributed by atoms with van der Waals surface area (Å²) in [6.45, 7) is 2.87. The van der Waals surface area contributed by atoms with Crippen LogP contribution in [-0.2, 0) is 4.74 Å². The van der Waals surface area contributed by atoms with E-state index in [9.17, 15) is 0 Å². The third-order valence-corrected chi connectivity index (χ3v) is 4.01. The highest BCUT2D eigenvalue weighted by molar-refractivity contribution is 7.10. The average molecular weight is 261 g/mol. The molecule has 2 aromatic rings. The minimum absolute atomic E-state index is 0.230. The highest BCUT2D eigenvalue weighted by Gasteiger charge is 2.15. The number of methoxy groups -OCH3 is 1. The van der Waals surface area contributed by atoms with Gasteiger partial charge in [0.1, 0.15) is 0 Å². The molecule has 0 radical (unpaired) electrons. The largest absolute Gasteiger partial charge is 0.383 e. The molecule has 3 heteroatoms. The smallest absolute Gasteiger partial charge is 0.0657 e. The molecule has 0 amide bonds. The molecule has 0 spiro atoms. The van der Waals surface area contributed by atoms with Crippen LogP contribution in [0.2, 0.25) is 0 Å². The molecule has 0 saturated carbocycles. The van der Waals surface area contributed by atoms with Crippen LogP contribution in [-0.4, -0.2) is 13.7 Å². The summed E-state index contributed by atoms with van der Waals surface area (Å²) >= 11 is 1.78. The molecule has 1 heterocycles. The zero-order valence-corrected chi connectivity index (χ0v) is 11.6. The normalized spacial score (nSPS) is 14.3. The molecule has 0 bridgehead atoms. The molecule has 18 heavy (non-hydrogen) atoms. The summed E-state index contributed by atoms with van der Waals surface area (Å²) < 4.78 is 5.32. The molecule has 0 aliphatic heterocycles. The van der Waals surface area contributed by atoms with E-state index < -0.39 is 0 Å². The van der Waals surface area contributed by atoms with Crippen molar-refractivity contribution in [1.82, 2.24) is 5.32 Å². The van der Waals surface area contributed by atoms with Gasteiger partial charge >= 0.3 is 0 Å². The van der Waals surface area contributed by atoms with Crippen LogP contribution < -0.4 is 5.32 Å². The van der Waals surface area contributed by atoms with E-state index in [-0.39, 0.29) is 6.04 Å². The average Bonchev–Trinajstić information content (AvgIpc) is 2.93. The standard InChI is InChI=1S/C15H19NOS/c1-12(15-9-6-10-18-15)16-14(11-17-2)13-7-4-3-5-8-13/h3-10,12,14,16H,11H2,1-2H3. The van der Waals surface area contributed by atoms with Crippen molar-refractivity contribution in [3.63, 3.8) is 0 Å². The molecule has 0 fully saturated rings. The zero-order chi connectivity index (χ0) is 12.8. The zero-order valence-electron chi connectivity index (χ0n) is 10.8. The van der Waals surface area contributed by atoms with Crippen LogP contribution in [0.1, 0.15) is 29.4 Å².